The molecule has 3 nitrogen and oxygen atoms in total. The summed E-state index contributed by atoms with van der Waals surface area (Å²) in [4.78, 5) is 4.03. The van der Waals surface area contributed by atoms with E-state index in [0.29, 0.717) is 6.73 Å². The topological polar surface area (TPSA) is 34.1 Å². The lowest BCUT2D eigenvalue weighted by atomic mass is 10.4. The van der Waals surface area contributed by atoms with Gasteiger partial charge in [0.2, 0.25) is 0 Å². The van der Waals surface area contributed by atoms with E-state index in [1.165, 1.54) is 0 Å². The fourth-order valence-electron chi connectivity index (χ4n) is 0.668. The van der Waals surface area contributed by atoms with Gasteiger partial charge < -0.3 is 10.1 Å². The van der Waals surface area contributed by atoms with Crippen molar-refractivity contribution in [2.24, 2.45) is 0 Å². The Balaban J connectivity index is 2.62. The summed E-state index contributed by atoms with van der Waals surface area (Å²) in [6, 6.07) is 3.79. The molecule has 0 aliphatic carbocycles. The van der Waals surface area contributed by atoms with E-state index in [1.54, 1.807) is 13.3 Å². The number of methoxy groups -OCH3 is 1. The maximum absolute atomic E-state index is 4.84. The van der Waals surface area contributed by atoms with E-state index in [-0.39, 0.29) is 0 Å². The normalized spacial score (nSPS) is 9.64. The highest BCUT2D eigenvalue weighted by atomic mass is 79.9. The van der Waals surface area contributed by atoms with Gasteiger partial charge in [-0.05, 0) is 28.1 Å². The molecule has 1 N–H and O–H groups in total. The van der Waals surface area contributed by atoms with Crippen molar-refractivity contribution in [1.29, 1.82) is 0 Å². The monoisotopic (exact) mass is 216 g/mol. The third-order valence-electron chi connectivity index (χ3n) is 1.17. The van der Waals surface area contributed by atoms with Gasteiger partial charge >= 0.3 is 0 Å². The van der Waals surface area contributed by atoms with E-state index < -0.39 is 0 Å². The Morgan fingerprint density at radius 2 is 2.55 bits per heavy atom. The third kappa shape index (κ3) is 2.48. The highest BCUT2D eigenvalue weighted by Crippen LogP contribution is 2.17. The van der Waals surface area contributed by atoms with Crippen LogP contribution in [0.1, 0.15) is 0 Å². The molecule has 0 aliphatic rings. The third-order valence-corrected chi connectivity index (χ3v) is 1.80. The molecule has 60 valence electrons. The van der Waals surface area contributed by atoms with Crippen molar-refractivity contribution < 1.29 is 4.74 Å². The summed E-state index contributed by atoms with van der Waals surface area (Å²) >= 11 is 3.30. The first-order chi connectivity index (χ1) is 5.34. The van der Waals surface area contributed by atoms with Crippen molar-refractivity contribution in [3.05, 3.63) is 22.9 Å². The van der Waals surface area contributed by atoms with Gasteiger partial charge in [-0.15, -0.1) is 0 Å². The van der Waals surface area contributed by atoms with Crippen LogP contribution in [0.5, 0.6) is 0 Å². The minimum Gasteiger partial charge on any atom is -0.365 e. The van der Waals surface area contributed by atoms with Crippen LogP contribution < -0.4 is 5.32 Å². The molecule has 0 spiro atoms. The molecule has 4 heteroatoms. The lowest BCUT2D eigenvalue weighted by Crippen LogP contribution is -2.03. The van der Waals surface area contributed by atoms with Crippen LogP contribution in [0.25, 0.3) is 0 Å². The van der Waals surface area contributed by atoms with Gasteiger partial charge in [0, 0.05) is 13.3 Å². The zero-order chi connectivity index (χ0) is 8.10. The van der Waals surface area contributed by atoms with Crippen LogP contribution in [-0.4, -0.2) is 18.8 Å². The van der Waals surface area contributed by atoms with Gasteiger partial charge in [0.05, 0.1) is 5.69 Å². The molecule has 0 bridgehead atoms. The fraction of sp³-hybridized carbons (Fsp3) is 0.286. The Labute approximate surface area is 73.9 Å². The first-order valence-electron chi connectivity index (χ1n) is 3.18. The number of aromatic nitrogens is 1. The second-order valence-electron chi connectivity index (χ2n) is 1.95. The molecule has 0 amide bonds. The van der Waals surface area contributed by atoms with Crippen LogP contribution in [0, 0.1) is 0 Å². The number of nitrogens with one attached hydrogen (secondary N) is 1. The smallest absolute Gasteiger partial charge is 0.129 e. The molecule has 11 heavy (non-hydrogen) atoms. The predicted molar refractivity (Wildman–Crippen MR) is 47.4 cm³/mol. The van der Waals surface area contributed by atoms with E-state index in [0.717, 1.165) is 10.3 Å². The fourth-order valence-corrected chi connectivity index (χ4v) is 1.06. The zero-order valence-electron chi connectivity index (χ0n) is 6.17. The lowest BCUT2D eigenvalue weighted by molar-refractivity contribution is 0.221. The van der Waals surface area contributed by atoms with E-state index in [9.17, 15) is 0 Å². The van der Waals surface area contributed by atoms with Gasteiger partial charge in [-0.2, -0.15) is 0 Å². The number of hydrogen-bond donors (Lipinski definition) is 1. The molecule has 0 radical (unpaired) electrons. The van der Waals surface area contributed by atoms with Gasteiger partial charge in [-0.25, -0.2) is 4.98 Å². The first-order valence-corrected chi connectivity index (χ1v) is 3.97. The summed E-state index contributed by atoms with van der Waals surface area (Å²) in [6.45, 7) is 0.490. The average Bonchev–Trinajstić information content (AvgIpc) is 2.03. The first kappa shape index (κ1) is 8.49. The van der Waals surface area contributed by atoms with Crippen molar-refractivity contribution >= 4 is 21.6 Å². The second-order valence-corrected chi connectivity index (χ2v) is 2.70. The Morgan fingerprint density at radius 1 is 1.73 bits per heavy atom. The molecule has 0 unspecified atom stereocenters. The maximum atomic E-state index is 4.84. The summed E-state index contributed by atoms with van der Waals surface area (Å²) in [5.41, 5.74) is 0.939. The summed E-state index contributed by atoms with van der Waals surface area (Å²) in [6.07, 6.45) is 1.72. The highest BCUT2D eigenvalue weighted by molar-refractivity contribution is 9.10. The van der Waals surface area contributed by atoms with Crippen LogP contribution in [0.15, 0.2) is 22.9 Å². The molecule has 1 heterocycles. The Hall–Kier alpha value is -0.610. The molecule has 0 saturated carbocycles. The number of nitrogens with zero attached hydrogens (tertiary/aromatic N) is 1. The van der Waals surface area contributed by atoms with Gasteiger partial charge in [-0.3, -0.25) is 0 Å². The van der Waals surface area contributed by atoms with Gasteiger partial charge in [0.25, 0.3) is 0 Å². The average molecular weight is 217 g/mol. The molecule has 0 atom stereocenters. The van der Waals surface area contributed by atoms with Crippen LogP contribution in [-0.2, 0) is 4.74 Å². The number of rotatable bonds is 3. The second kappa shape index (κ2) is 4.31. The minimum absolute atomic E-state index is 0.490. The predicted octanol–water partition coefficient (Wildman–Crippen LogP) is 1.86. The molecule has 0 aliphatic heterocycles. The quantitative estimate of drug-likeness (QED) is 0.619. The number of anilines is 1. The molecular formula is C7H9BrN2O. The van der Waals surface area contributed by atoms with E-state index in [1.807, 2.05) is 12.1 Å². The molecule has 1 aromatic rings. The summed E-state index contributed by atoms with van der Waals surface area (Å²) in [7, 11) is 1.64. The number of pyridine rings is 1. The molecule has 0 aromatic carbocycles. The van der Waals surface area contributed by atoms with Crippen LogP contribution in [0.3, 0.4) is 0 Å². The standard InChI is InChI=1S/C7H9BrN2O/c1-11-5-10-6-3-2-4-9-7(6)8/h2-4,10H,5H2,1H3. The van der Waals surface area contributed by atoms with Crippen molar-refractivity contribution in [2.75, 3.05) is 19.2 Å². The number of hydrogen-bond acceptors (Lipinski definition) is 3. The van der Waals surface area contributed by atoms with Crippen LogP contribution >= 0.6 is 15.9 Å². The molecule has 1 rings (SSSR count). The van der Waals surface area contributed by atoms with Gasteiger partial charge in [0.1, 0.15) is 11.3 Å². The lowest BCUT2D eigenvalue weighted by Gasteiger charge is -2.04. The molecule has 1 aromatic heterocycles. The van der Waals surface area contributed by atoms with Gasteiger partial charge in [0.15, 0.2) is 0 Å². The highest BCUT2D eigenvalue weighted by Gasteiger charge is 1.95. The van der Waals surface area contributed by atoms with E-state index in [2.05, 4.69) is 26.2 Å². The molecular weight excluding hydrogens is 208 g/mol. The van der Waals surface area contributed by atoms with Crippen molar-refractivity contribution in [3.63, 3.8) is 0 Å². The summed E-state index contributed by atoms with van der Waals surface area (Å²) < 4.78 is 5.64. The molecule has 0 saturated heterocycles. The maximum Gasteiger partial charge on any atom is 0.129 e. The summed E-state index contributed by atoms with van der Waals surface area (Å²) in [5.74, 6) is 0. The Bertz CT molecular complexity index is 229. The van der Waals surface area contributed by atoms with Crippen molar-refractivity contribution in [2.45, 2.75) is 0 Å². The van der Waals surface area contributed by atoms with Gasteiger partial charge in [-0.1, -0.05) is 0 Å². The Morgan fingerprint density at radius 3 is 3.18 bits per heavy atom. The van der Waals surface area contributed by atoms with Crippen molar-refractivity contribution in [3.8, 4) is 0 Å². The minimum atomic E-state index is 0.490. The summed E-state index contributed by atoms with van der Waals surface area (Å²) in [5, 5.41) is 3.03. The van der Waals surface area contributed by atoms with Crippen LogP contribution in [0.2, 0.25) is 0 Å². The largest absolute Gasteiger partial charge is 0.365 e. The SMILES string of the molecule is COCNc1cccnc1Br. The number of halogens is 1. The van der Waals surface area contributed by atoms with Crippen molar-refractivity contribution in [1.82, 2.24) is 4.98 Å². The molecule has 0 fully saturated rings. The van der Waals surface area contributed by atoms with Crippen LogP contribution in [0.4, 0.5) is 5.69 Å². The van der Waals surface area contributed by atoms with E-state index >= 15 is 0 Å². The Kier molecular flexibility index (Phi) is 3.32. The number of ether oxygens (including phenoxy) is 1. The van der Waals surface area contributed by atoms with E-state index in [4.69, 9.17) is 4.74 Å². The zero-order valence-corrected chi connectivity index (χ0v) is 7.76.